The monoisotopic (exact) mass is 361 g/mol. The minimum atomic E-state index is -0.742. The van der Waals surface area contributed by atoms with E-state index in [1.165, 1.54) is 4.68 Å². The molecule has 1 heterocycles. The molecule has 6 nitrogen and oxygen atoms in total. The van der Waals surface area contributed by atoms with Gasteiger partial charge in [-0.3, -0.25) is 9.59 Å². The van der Waals surface area contributed by atoms with Gasteiger partial charge in [-0.1, -0.05) is 37.3 Å². The average molecular weight is 361 g/mol. The van der Waals surface area contributed by atoms with Crippen molar-refractivity contribution in [1.29, 1.82) is 5.26 Å². The third-order valence-corrected chi connectivity index (χ3v) is 5.91. The third-order valence-electron chi connectivity index (χ3n) is 5.91. The van der Waals surface area contributed by atoms with Gasteiger partial charge in [0.1, 0.15) is 12.7 Å². The van der Waals surface area contributed by atoms with Gasteiger partial charge in [0.25, 0.3) is 5.91 Å². The molecule has 1 aromatic carbocycles. The number of carbonyl (C=O) groups excluding carboxylic acids is 2. The maximum absolute atomic E-state index is 12.7. The number of allylic oxidation sites excluding steroid dienone is 2. The van der Waals surface area contributed by atoms with E-state index in [-0.39, 0.29) is 23.2 Å². The Morgan fingerprint density at radius 2 is 2.15 bits per heavy atom. The van der Waals surface area contributed by atoms with Crippen molar-refractivity contribution in [2.45, 2.75) is 25.2 Å². The number of hydrogen-bond acceptors (Lipinski definition) is 5. The number of aromatic nitrogens is 2. The van der Waals surface area contributed by atoms with Crippen molar-refractivity contribution in [1.82, 2.24) is 9.78 Å². The second-order valence-electron chi connectivity index (χ2n) is 7.20. The highest BCUT2D eigenvalue weighted by molar-refractivity contribution is 6.02. The van der Waals surface area contributed by atoms with Crippen LogP contribution in [0.15, 0.2) is 48.2 Å². The molecule has 136 valence electrons. The average Bonchev–Trinajstić information content (AvgIpc) is 3.15. The summed E-state index contributed by atoms with van der Waals surface area (Å²) in [5.74, 6) is -1.02. The van der Waals surface area contributed by atoms with Crippen molar-refractivity contribution >= 4 is 11.7 Å². The molecule has 0 bridgehead atoms. The first-order valence-corrected chi connectivity index (χ1v) is 8.98. The second-order valence-corrected chi connectivity index (χ2v) is 7.20. The van der Waals surface area contributed by atoms with Gasteiger partial charge in [-0.15, -0.1) is 0 Å². The summed E-state index contributed by atoms with van der Waals surface area (Å²) in [5.41, 5.74) is 1.95. The fourth-order valence-electron chi connectivity index (χ4n) is 4.64. The van der Waals surface area contributed by atoms with Crippen molar-refractivity contribution in [3.63, 3.8) is 0 Å². The lowest BCUT2D eigenvalue weighted by molar-refractivity contribution is -0.121. The summed E-state index contributed by atoms with van der Waals surface area (Å²) in [6.07, 6.45) is 4.85. The molecule has 0 fully saturated rings. The zero-order valence-corrected chi connectivity index (χ0v) is 14.9. The molecule has 3 atom stereocenters. The van der Waals surface area contributed by atoms with E-state index in [0.717, 1.165) is 17.5 Å². The highest BCUT2D eigenvalue weighted by Crippen LogP contribution is 2.53. The fraction of sp³-hybridized carbons (Fsp3) is 0.333. The van der Waals surface area contributed by atoms with Crippen LogP contribution < -0.4 is 0 Å². The molecule has 1 N–H and O–H groups in total. The van der Waals surface area contributed by atoms with Crippen LogP contribution in [0, 0.1) is 23.2 Å². The minimum absolute atomic E-state index is 0.0513. The van der Waals surface area contributed by atoms with Gasteiger partial charge in [0.05, 0.1) is 16.7 Å². The van der Waals surface area contributed by atoms with Crippen molar-refractivity contribution in [3.8, 4) is 6.07 Å². The van der Waals surface area contributed by atoms with Gasteiger partial charge >= 0.3 is 0 Å². The molecule has 0 spiro atoms. The number of Topliss-reactive ketones (excluding diaryl/α,β-unsaturated/α-hetero) is 1. The number of aryl methyl sites for hydroxylation is 1. The summed E-state index contributed by atoms with van der Waals surface area (Å²) in [6.45, 7) is 1.24. The standard InChI is InChI=1S/C21H19N3O3/c1-13-17-8-7-14-11-24(18(26)12-25)23-20(14)21(17,9-15(10-22)19(13)27)16-5-3-2-4-6-16/h2-6,9,11,13,17,25H,7-8,12H2,1H3/t13?,17?,21-/m1/s1. The maximum atomic E-state index is 12.7. The number of fused-ring (bicyclic) bond motifs is 3. The topological polar surface area (TPSA) is 96.0 Å². The smallest absolute Gasteiger partial charge is 0.272 e. The molecule has 0 saturated heterocycles. The summed E-state index contributed by atoms with van der Waals surface area (Å²) in [6, 6.07) is 11.8. The first kappa shape index (κ1) is 17.4. The summed E-state index contributed by atoms with van der Waals surface area (Å²) in [7, 11) is 0. The van der Waals surface area contributed by atoms with Crippen molar-refractivity contribution in [2.24, 2.45) is 11.8 Å². The number of hydrogen-bond donors (Lipinski definition) is 1. The molecule has 0 amide bonds. The van der Waals surface area contributed by atoms with Gasteiger partial charge < -0.3 is 5.11 Å². The first-order chi connectivity index (χ1) is 13.0. The van der Waals surface area contributed by atoms with E-state index in [0.29, 0.717) is 12.1 Å². The number of nitrogens with zero attached hydrogens (tertiary/aromatic N) is 3. The molecule has 1 aromatic heterocycles. The normalized spacial score (nSPS) is 26.6. The van der Waals surface area contributed by atoms with Crippen LogP contribution in [-0.2, 0) is 16.6 Å². The minimum Gasteiger partial charge on any atom is -0.386 e. The van der Waals surface area contributed by atoms with Crippen molar-refractivity contribution in [3.05, 3.63) is 65.0 Å². The quantitative estimate of drug-likeness (QED) is 0.883. The number of ketones is 1. The molecule has 0 saturated carbocycles. The van der Waals surface area contributed by atoms with E-state index in [1.54, 1.807) is 12.3 Å². The van der Waals surface area contributed by atoms with E-state index in [9.17, 15) is 20.0 Å². The Morgan fingerprint density at radius 1 is 1.41 bits per heavy atom. The van der Waals surface area contributed by atoms with E-state index < -0.39 is 17.9 Å². The summed E-state index contributed by atoms with van der Waals surface area (Å²) >= 11 is 0. The number of rotatable bonds is 2. The molecule has 2 aliphatic carbocycles. The summed E-state index contributed by atoms with van der Waals surface area (Å²) < 4.78 is 1.18. The van der Waals surface area contributed by atoms with E-state index in [2.05, 4.69) is 11.2 Å². The molecular formula is C21H19N3O3. The lowest BCUT2D eigenvalue weighted by Gasteiger charge is -2.46. The molecular weight excluding hydrogens is 342 g/mol. The summed E-state index contributed by atoms with van der Waals surface area (Å²) in [5, 5.41) is 23.3. The number of carbonyl (C=O) groups is 2. The molecule has 0 radical (unpaired) electrons. The molecule has 2 aromatic rings. The fourth-order valence-corrected chi connectivity index (χ4v) is 4.64. The van der Waals surface area contributed by atoms with E-state index in [1.807, 2.05) is 37.3 Å². The Morgan fingerprint density at radius 3 is 2.81 bits per heavy atom. The van der Waals surface area contributed by atoms with Crippen LogP contribution in [-0.4, -0.2) is 33.2 Å². The second kappa shape index (κ2) is 6.29. The Hall–Kier alpha value is -3.04. The molecule has 0 aliphatic heterocycles. The number of aliphatic hydroxyl groups is 1. The highest BCUT2D eigenvalue weighted by Gasteiger charge is 2.53. The lowest BCUT2D eigenvalue weighted by atomic mass is 9.54. The number of aliphatic hydroxyl groups excluding tert-OH is 1. The van der Waals surface area contributed by atoms with Gasteiger partial charge in [-0.25, -0.2) is 4.68 Å². The molecule has 2 aliphatic rings. The van der Waals surface area contributed by atoms with Gasteiger partial charge in [0.2, 0.25) is 0 Å². The lowest BCUT2D eigenvalue weighted by Crippen LogP contribution is -2.48. The molecule has 27 heavy (non-hydrogen) atoms. The number of nitriles is 1. The molecule has 6 heteroatoms. The van der Waals surface area contributed by atoms with E-state index >= 15 is 0 Å². The van der Waals surface area contributed by atoms with Crippen molar-refractivity contribution < 1.29 is 14.7 Å². The Balaban J connectivity index is 2.04. The predicted molar refractivity (Wildman–Crippen MR) is 96.8 cm³/mol. The molecule has 2 unspecified atom stereocenters. The number of benzene rings is 1. The van der Waals surface area contributed by atoms with Crippen LogP contribution in [0.2, 0.25) is 0 Å². The van der Waals surface area contributed by atoms with Gasteiger partial charge in [-0.05, 0) is 36.0 Å². The Bertz CT molecular complexity index is 999. The maximum Gasteiger partial charge on any atom is 0.272 e. The molecule has 4 rings (SSSR count). The van der Waals surface area contributed by atoms with Crippen molar-refractivity contribution in [2.75, 3.05) is 6.61 Å². The Labute approximate surface area is 156 Å². The third kappa shape index (κ3) is 2.39. The van der Waals surface area contributed by atoms with Gasteiger partial charge in [-0.2, -0.15) is 10.4 Å². The van der Waals surface area contributed by atoms with Crippen LogP contribution in [0.5, 0.6) is 0 Å². The van der Waals surface area contributed by atoms with Crippen LogP contribution >= 0.6 is 0 Å². The predicted octanol–water partition coefficient (Wildman–Crippen LogP) is 2.03. The SMILES string of the molecule is CC1C(=O)C(C#N)=C[C@]2(c3ccccc3)c3nn(C(=O)CO)cc3CCC12. The van der Waals surface area contributed by atoms with E-state index in [4.69, 9.17) is 0 Å². The van der Waals surface area contributed by atoms with Gasteiger partial charge in [0.15, 0.2) is 5.78 Å². The first-order valence-electron chi connectivity index (χ1n) is 8.98. The Kier molecular flexibility index (Phi) is 4.05. The van der Waals surface area contributed by atoms with Crippen LogP contribution in [0.25, 0.3) is 0 Å². The highest BCUT2D eigenvalue weighted by atomic mass is 16.3. The van der Waals surface area contributed by atoms with Crippen LogP contribution in [0.3, 0.4) is 0 Å². The van der Waals surface area contributed by atoms with Crippen LogP contribution in [0.1, 0.15) is 35.0 Å². The zero-order valence-electron chi connectivity index (χ0n) is 14.9. The largest absolute Gasteiger partial charge is 0.386 e. The summed E-state index contributed by atoms with van der Waals surface area (Å²) in [4.78, 5) is 24.7. The zero-order chi connectivity index (χ0) is 19.2. The van der Waals surface area contributed by atoms with Gasteiger partial charge in [0, 0.05) is 12.1 Å². The van der Waals surface area contributed by atoms with Crippen LogP contribution in [0.4, 0.5) is 0 Å².